The van der Waals surface area contributed by atoms with Gasteiger partial charge in [-0.25, -0.2) is 4.39 Å². The van der Waals surface area contributed by atoms with E-state index >= 15 is 0 Å². The van der Waals surface area contributed by atoms with E-state index in [9.17, 15) is 4.39 Å². The maximum absolute atomic E-state index is 12.9. The SMILES string of the molecule is Cc1cccc(NCc2ccc(F)cc2Cl)c1Br. The van der Waals surface area contributed by atoms with Gasteiger partial charge in [0.1, 0.15) is 5.82 Å². The third-order valence-corrected chi connectivity index (χ3v) is 4.08. The average molecular weight is 329 g/mol. The van der Waals surface area contributed by atoms with Crippen LogP contribution in [0.25, 0.3) is 0 Å². The Hall–Kier alpha value is -1.06. The van der Waals surface area contributed by atoms with Crippen molar-refractivity contribution in [2.24, 2.45) is 0 Å². The van der Waals surface area contributed by atoms with Crippen molar-refractivity contribution in [3.8, 4) is 0 Å². The predicted octanol–water partition coefficient (Wildman–Crippen LogP) is 5.16. The van der Waals surface area contributed by atoms with Crippen LogP contribution in [0.5, 0.6) is 0 Å². The number of nitrogens with one attached hydrogen (secondary N) is 1. The summed E-state index contributed by atoms with van der Waals surface area (Å²) in [6, 6.07) is 10.4. The standard InChI is InChI=1S/C14H12BrClFN/c1-9-3-2-4-13(14(9)15)18-8-10-5-6-11(17)7-12(10)16/h2-7,18H,8H2,1H3. The molecule has 2 aromatic rings. The molecule has 0 unspecified atom stereocenters. The van der Waals surface area contributed by atoms with E-state index in [2.05, 4.69) is 21.2 Å². The lowest BCUT2D eigenvalue weighted by Crippen LogP contribution is -2.01. The summed E-state index contributed by atoms with van der Waals surface area (Å²) in [4.78, 5) is 0. The predicted molar refractivity (Wildman–Crippen MR) is 77.6 cm³/mol. The Morgan fingerprint density at radius 3 is 2.78 bits per heavy atom. The molecule has 0 aliphatic rings. The molecule has 0 saturated carbocycles. The summed E-state index contributed by atoms with van der Waals surface area (Å²) in [6.07, 6.45) is 0. The Morgan fingerprint density at radius 2 is 2.06 bits per heavy atom. The van der Waals surface area contributed by atoms with Crippen molar-refractivity contribution in [1.29, 1.82) is 0 Å². The fourth-order valence-electron chi connectivity index (χ4n) is 1.64. The van der Waals surface area contributed by atoms with Crippen molar-refractivity contribution >= 4 is 33.2 Å². The second kappa shape index (κ2) is 5.72. The fourth-order valence-corrected chi connectivity index (χ4v) is 2.28. The smallest absolute Gasteiger partial charge is 0.124 e. The van der Waals surface area contributed by atoms with E-state index in [-0.39, 0.29) is 5.82 Å². The Balaban J connectivity index is 2.14. The van der Waals surface area contributed by atoms with Gasteiger partial charge in [-0.1, -0.05) is 29.8 Å². The van der Waals surface area contributed by atoms with Crippen molar-refractivity contribution in [3.05, 3.63) is 62.8 Å². The molecule has 18 heavy (non-hydrogen) atoms. The molecule has 1 N–H and O–H groups in total. The largest absolute Gasteiger partial charge is 0.380 e. The first kappa shape index (κ1) is 13.4. The molecular formula is C14H12BrClFN. The molecule has 1 nitrogen and oxygen atoms in total. The van der Waals surface area contributed by atoms with Crippen LogP contribution < -0.4 is 5.32 Å². The van der Waals surface area contributed by atoms with Gasteiger partial charge in [0, 0.05) is 21.7 Å². The maximum atomic E-state index is 12.9. The first-order valence-corrected chi connectivity index (χ1v) is 6.68. The van der Waals surface area contributed by atoms with Crippen LogP contribution in [-0.2, 0) is 6.54 Å². The van der Waals surface area contributed by atoms with Crippen LogP contribution in [0.4, 0.5) is 10.1 Å². The number of rotatable bonds is 3. The highest BCUT2D eigenvalue weighted by Crippen LogP contribution is 2.27. The molecule has 0 radical (unpaired) electrons. The van der Waals surface area contributed by atoms with E-state index in [1.54, 1.807) is 6.07 Å². The molecule has 4 heteroatoms. The van der Waals surface area contributed by atoms with Gasteiger partial charge in [-0.05, 0) is 52.2 Å². The van der Waals surface area contributed by atoms with Crippen LogP contribution in [0.15, 0.2) is 40.9 Å². The highest BCUT2D eigenvalue weighted by Gasteiger charge is 2.04. The minimum atomic E-state index is -0.319. The third-order valence-electron chi connectivity index (χ3n) is 2.68. The summed E-state index contributed by atoms with van der Waals surface area (Å²) in [5, 5.41) is 3.71. The van der Waals surface area contributed by atoms with Crippen molar-refractivity contribution in [1.82, 2.24) is 0 Å². The molecule has 0 atom stereocenters. The molecule has 2 aromatic carbocycles. The lowest BCUT2D eigenvalue weighted by atomic mass is 10.2. The maximum Gasteiger partial charge on any atom is 0.124 e. The van der Waals surface area contributed by atoms with Gasteiger partial charge < -0.3 is 5.32 Å². The molecule has 0 aliphatic carbocycles. The second-order valence-electron chi connectivity index (χ2n) is 4.03. The zero-order valence-corrected chi connectivity index (χ0v) is 12.1. The Morgan fingerprint density at radius 1 is 1.28 bits per heavy atom. The van der Waals surface area contributed by atoms with E-state index in [0.717, 1.165) is 21.3 Å². The number of halogens is 3. The van der Waals surface area contributed by atoms with Crippen LogP contribution in [0.2, 0.25) is 5.02 Å². The van der Waals surface area contributed by atoms with Gasteiger partial charge in [-0.3, -0.25) is 0 Å². The summed E-state index contributed by atoms with van der Waals surface area (Å²) in [5.74, 6) is -0.319. The number of aryl methyl sites for hydroxylation is 1. The lowest BCUT2D eigenvalue weighted by molar-refractivity contribution is 0.627. The first-order chi connectivity index (χ1) is 8.58. The van der Waals surface area contributed by atoms with E-state index in [0.29, 0.717) is 11.6 Å². The first-order valence-electron chi connectivity index (χ1n) is 5.51. The molecule has 0 aromatic heterocycles. The Labute approximate surface area is 119 Å². The molecule has 0 saturated heterocycles. The van der Waals surface area contributed by atoms with Crippen LogP contribution in [-0.4, -0.2) is 0 Å². The zero-order valence-electron chi connectivity index (χ0n) is 9.81. The van der Waals surface area contributed by atoms with Crippen molar-refractivity contribution in [3.63, 3.8) is 0 Å². The summed E-state index contributed by atoms with van der Waals surface area (Å²) in [7, 11) is 0. The van der Waals surface area contributed by atoms with E-state index in [4.69, 9.17) is 11.6 Å². The van der Waals surface area contributed by atoms with Crippen molar-refractivity contribution < 1.29 is 4.39 Å². The van der Waals surface area contributed by atoms with E-state index < -0.39 is 0 Å². The number of benzene rings is 2. The molecule has 0 fully saturated rings. The summed E-state index contributed by atoms with van der Waals surface area (Å²) < 4.78 is 13.9. The van der Waals surface area contributed by atoms with Gasteiger partial charge >= 0.3 is 0 Å². The van der Waals surface area contributed by atoms with Gasteiger partial charge in [0.2, 0.25) is 0 Å². The van der Waals surface area contributed by atoms with Gasteiger partial charge in [-0.15, -0.1) is 0 Å². The summed E-state index contributed by atoms with van der Waals surface area (Å²) in [5.41, 5.74) is 3.02. The quantitative estimate of drug-likeness (QED) is 0.820. The van der Waals surface area contributed by atoms with Crippen LogP contribution >= 0.6 is 27.5 Å². The van der Waals surface area contributed by atoms with E-state index in [1.807, 2.05) is 25.1 Å². The van der Waals surface area contributed by atoms with E-state index in [1.165, 1.54) is 12.1 Å². The summed E-state index contributed by atoms with van der Waals surface area (Å²) >= 11 is 9.50. The second-order valence-corrected chi connectivity index (χ2v) is 5.23. The highest BCUT2D eigenvalue weighted by molar-refractivity contribution is 9.10. The fraction of sp³-hybridized carbons (Fsp3) is 0.143. The van der Waals surface area contributed by atoms with Crippen molar-refractivity contribution in [2.45, 2.75) is 13.5 Å². The minimum Gasteiger partial charge on any atom is -0.380 e. The Kier molecular flexibility index (Phi) is 4.25. The number of hydrogen-bond donors (Lipinski definition) is 1. The van der Waals surface area contributed by atoms with Gasteiger partial charge in [0.25, 0.3) is 0 Å². The van der Waals surface area contributed by atoms with Gasteiger partial charge in [-0.2, -0.15) is 0 Å². The monoisotopic (exact) mass is 327 g/mol. The molecule has 0 amide bonds. The third kappa shape index (κ3) is 3.03. The normalized spacial score (nSPS) is 10.4. The molecule has 2 rings (SSSR count). The molecule has 0 bridgehead atoms. The van der Waals surface area contributed by atoms with Gasteiger partial charge in [0.15, 0.2) is 0 Å². The average Bonchev–Trinajstić information content (AvgIpc) is 2.33. The van der Waals surface area contributed by atoms with Crippen LogP contribution in [0.1, 0.15) is 11.1 Å². The Bertz CT molecular complexity index is 572. The van der Waals surface area contributed by atoms with Crippen molar-refractivity contribution in [2.75, 3.05) is 5.32 Å². The molecule has 0 spiro atoms. The molecule has 94 valence electrons. The topological polar surface area (TPSA) is 12.0 Å². The van der Waals surface area contributed by atoms with Crippen LogP contribution in [0, 0.1) is 12.7 Å². The number of anilines is 1. The van der Waals surface area contributed by atoms with Crippen LogP contribution in [0.3, 0.4) is 0 Å². The molecular weight excluding hydrogens is 317 g/mol. The molecule has 0 aliphatic heterocycles. The zero-order chi connectivity index (χ0) is 13.1. The minimum absolute atomic E-state index is 0.319. The number of hydrogen-bond acceptors (Lipinski definition) is 1. The highest BCUT2D eigenvalue weighted by atomic mass is 79.9. The lowest BCUT2D eigenvalue weighted by Gasteiger charge is -2.11. The summed E-state index contributed by atoms with van der Waals surface area (Å²) in [6.45, 7) is 2.58. The van der Waals surface area contributed by atoms with Gasteiger partial charge in [0.05, 0.1) is 0 Å². The molecule has 0 heterocycles.